The number of carbonyl (C=O) groups is 2. The normalized spacial score (nSPS) is 13.9. The molecule has 1 aliphatic rings. The van der Waals surface area contributed by atoms with E-state index in [0.29, 0.717) is 22.9 Å². The van der Waals surface area contributed by atoms with Gasteiger partial charge in [-0.3, -0.25) is 0 Å². The van der Waals surface area contributed by atoms with Crippen molar-refractivity contribution in [1.82, 2.24) is 19.8 Å². The number of hydrogen-bond donors (Lipinski definition) is 0. The molecule has 0 N–H and O–H groups in total. The van der Waals surface area contributed by atoms with Crippen molar-refractivity contribution in [2.75, 3.05) is 32.5 Å². The van der Waals surface area contributed by atoms with E-state index < -0.39 is 11.9 Å². The van der Waals surface area contributed by atoms with Gasteiger partial charge in [-0.05, 0) is 35.7 Å². The number of fused-ring (bicyclic) bond motifs is 1. The van der Waals surface area contributed by atoms with E-state index in [2.05, 4.69) is 10.2 Å². The average molecular weight is 478 g/mol. The van der Waals surface area contributed by atoms with E-state index in [1.54, 1.807) is 20.8 Å². The molecule has 0 unspecified atom stereocenters. The van der Waals surface area contributed by atoms with Crippen LogP contribution in [0, 0.1) is 0 Å². The predicted octanol–water partition coefficient (Wildman–Crippen LogP) is 2.91. The average Bonchev–Trinajstić information content (AvgIpc) is 3.57. The highest BCUT2D eigenvalue weighted by atomic mass is 32.1. The summed E-state index contributed by atoms with van der Waals surface area (Å²) in [5, 5.41) is 15.2. The van der Waals surface area contributed by atoms with Crippen molar-refractivity contribution in [3.63, 3.8) is 0 Å². The first-order valence-electron chi connectivity index (χ1n) is 10.2. The number of hydrogen-bond acceptors (Lipinski definition) is 10. The molecule has 0 amide bonds. The summed E-state index contributed by atoms with van der Waals surface area (Å²) < 4.78 is 17.0. The first-order chi connectivity index (χ1) is 16.6. The molecule has 172 valence electrons. The van der Waals surface area contributed by atoms with Crippen molar-refractivity contribution in [3.8, 4) is 22.0 Å². The van der Waals surface area contributed by atoms with E-state index in [4.69, 9.17) is 19.3 Å². The van der Waals surface area contributed by atoms with Crippen LogP contribution in [0.4, 0.5) is 5.69 Å². The largest absolute Gasteiger partial charge is 0.466 e. The lowest BCUT2D eigenvalue weighted by molar-refractivity contribution is -0.140. The summed E-state index contributed by atoms with van der Waals surface area (Å²) in [7, 11) is 2.51. The van der Waals surface area contributed by atoms with Gasteiger partial charge in [-0.2, -0.15) is 9.61 Å². The fourth-order valence-corrected chi connectivity index (χ4v) is 4.38. The van der Waals surface area contributed by atoms with E-state index in [-0.39, 0.29) is 24.6 Å². The third-order valence-electron chi connectivity index (χ3n) is 5.29. The topological polar surface area (TPSA) is 108 Å². The number of methoxy groups -OCH3 is 2. The second-order valence-electron chi connectivity index (χ2n) is 7.26. The van der Waals surface area contributed by atoms with Crippen LogP contribution in [-0.4, -0.2) is 59.3 Å². The predicted molar refractivity (Wildman–Crippen MR) is 124 cm³/mol. The molecular weight excluding hydrogens is 458 g/mol. The van der Waals surface area contributed by atoms with Gasteiger partial charge in [0.25, 0.3) is 0 Å². The molecule has 0 fully saturated rings. The monoisotopic (exact) mass is 477 g/mol. The molecule has 1 aromatic carbocycles. The SMILES string of the molecule is COC(=O)C1=C(C(=O)OC)N(c2cccc(-c3ccc4nnc(-c5cccs5)n4n3)c2)COC1. The molecule has 4 aromatic rings. The van der Waals surface area contributed by atoms with Crippen molar-refractivity contribution < 1.29 is 23.8 Å². The molecule has 3 aromatic heterocycles. The summed E-state index contributed by atoms with van der Waals surface area (Å²) in [4.78, 5) is 27.4. The number of thiophene rings is 1. The molecule has 0 saturated carbocycles. The quantitative estimate of drug-likeness (QED) is 0.401. The van der Waals surface area contributed by atoms with Gasteiger partial charge in [0.1, 0.15) is 12.4 Å². The lowest BCUT2D eigenvalue weighted by Gasteiger charge is -2.31. The highest BCUT2D eigenvalue weighted by molar-refractivity contribution is 7.13. The summed E-state index contributed by atoms with van der Waals surface area (Å²) in [6.45, 7) is 0.0134. The van der Waals surface area contributed by atoms with E-state index in [1.165, 1.54) is 14.2 Å². The Labute approximate surface area is 198 Å². The summed E-state index contributed by atoms with van der Waals surface area (Å²) in [6, 6.07) is 15.0. The Kier molecular flexibility index (Phi) is 5.78. The summed E-state index contributed by atoms with van der Waals surface area (Å²) in [5.41, 5.74) is 2.91. The molecule has 5 rings (SSSR count). The van der Waals surface area contributed by atoms with Gasteiger partial charge >= 0.3 is 11.9 Å². The Bertz CT molecular complexity index is 1410. The minimum absolute atomic E-state index is 0.0509. The van der Waals surface area contributed by atoms with Gasteiger partial charge in [-0.25, -0.2) is 9.59 Å². The molecule has 0 bridgehead atoms. The smallest absolute Gasteiger partial charge is 0.355 e. The number of aromatic nitrogens is 4. The lowest BCUT2D eigenvalue weighted by atomic mass is 10.1. The number of benzene rings is 1. The number of esters is 2. The zero-order valence-electron chi connectivity index (χ0n) is 18.3. The second kappa shape index (κ2) is 9.04. The van der Waals surface area contributed by atoms with Crippen LogP contribution in [-0.2, 0) is 23.8 Å². The number of ether oxygens (including phenoxy) is 3. The Morgan fingerprint density at radius 2 is 1.88 bits per heavy atom. The minimum Gasteiger partial charge on any atom is -0.466 e. The van der Waals surface area contributed by atoms with Crippen molar-refractivity contribution in [2.45, 2.75) is 0 Å². The Morgan fingerprint density at radius 1 is 1.03 bits per heavy atom. The standard InChI is InChI=1S/C23H19N5O5S/c1-31-22(29)16-12-33-13-27(20(16)23(30)32-2)15-6-3-5-14(11-15)17-8-9-19-24-25-21(28(19)26-17)18-7-4-10-34-18/h3-11H,12-13H2,1-2H3. The molecule has 0 atom stereocenters. The van der Waals surface area contributed by atoms with Crippen LogP contribution in [0.2, 0.25) is 0 Å². The molecule has 11 heteroatoms. The Balaban J connectivity index is 1.57. The third kappa shape index (κ3) is 3.80. The zero-order valence-corrected chi connectivity index (χ0v) is 19.1. The molecule has 0 radical (unpaired) electrons. The zero-order chi connectivity index (χ0) is 23.7. The molecule has 4 heterocycles. The van der Waals surface area contributed by atoms with Crippen LogP contribution < -0.4 is 4.90 Å². The van der Waals surface area contributed by atoms with Crippen LogP contribution in [0.15, 0.2) is 65.2 Å². The Hall–Kier alpha value is -4.09. The maximum absolute atomic E-state index is 12.6. The maximum atomic E-state index is 12.6. The lowest BCUT2D eigenvalue weighted by Crippen LogP contribution is -2.38. The summed E-state index contributed by atoms with van der Waals surface area (Å²) >= 11 is 1.56. The van der Waals surface area contributed by atoms with Crippen LogP contribution >= 0.6 is 11.3 Å². The van der Waals surface area contributed by atoms with Crippen molar-refractivity contribution >= 4 is 34.6 Å². The number of carbonyl (C=O) groups excluding carboxylic acids is 2. The minimum atomic E-state index is -0.654. The number of nitrogens with zero attached hydrogens (tertiary/aromatic N) is 5. The second-order valence-corrected chi connectivity index (χ2v) is 8.20. The van der Waals surface area contributed by atoms with Gasteiger partial charge in [-0.1, -0.05) is 18.2 Å². The van der Waals surface area contributed by atoms with Gasteiger partial charge in [0.2, 0.25) is 0 Å². The van der Waals surface area contributed by atoms with E-state index >= 15 is 0 Å². The van der Waals surface area contributed by atoms with Crippen molar-refractivity contribution in [1.29, 1.82) is 0 Å². The van der Waals surface area contributed by atoms with Crippen LogP contribution in [0.3, 0.4) is 0 Å². The highest BCUT2D eigenvalue weighted by Crippen LogP contribution is 2.30. The molecule has 0 saturated heterocycles. The molecule has 10 nitrogen and oxygen atoms in total. The van der Waals surface area contributed by atoms with Crippen LogP contribution in [0.25, 0.3) is 27.6 Å². The molecule has 0 spiro atoms. The van der Waals surface area contributed by atoms with Gasteiger partial charge in [0, 0.05) is 11.3 Å². The fraction of sp³-hybridized carbons (Fsp3) is 0.174. The van der Waals surface area contributed by atoms with Crippen molar-refractivity contribution in [2.24, 2.45) is 0 Å². The van der Waals surface area contributed by atoms with Gasteiger partial charge in [0.05, 0.1) is 37.0 Å². The first-order valence-corrected chi connectivity index (χ1v) is 11.1. The van der Waals surface area contributed by atoms with Gasteiger partial charge < -0.3 is 19.1 Å². The molecule has 0 aliphatic carbocycles. The van der Waals surface area contributed by atoms with Crippen LogP contribution in [0.5, 0.6) is 0 Å². The van der Waals surface area contributed by atoms with Crippen molar-refractivity contribution in [3.05, 3.63) is 65.2 Å². The molecular formula is C23H19N5O5S. The molecule has 1 aliphatic heterocycles. The van der Waals surface area contributed by atoms with E-state index in [1.807, 2.05) is 53.9 Å². The van der Waals surface area contributed by atoms with Crippen LogP contribution in [0.1, 0.15) is 0 Å². The number of anilines is 1. The Morgan fingerprint density at radius 3 is 2.65 bits per heavy atom. The van der Waals surface area contributed by atoms with E-state index in [0.717, 1.165) is 10.4 Å². The fourth-order valence-electron chi connectivity index (χ4n) is 3.68. The summed E-state index contributed by atoms with van der Waals surface area (Å²) in [6.07, 6.45) is 0. The van der Waals surface area contributed by atoms with Gasteiger partial charge in [-0.15, -0.1) is 21.5 Å². The summed E-state index contributed by atoms with van der Waals surface area (Å²) in [5.74, 6) is -0.646. The number of rotatable bonds is 5. The first kappa shape index (κ1) is 21.7. The third-order valence-corrected chi connectivity index (χ3v) is 6.16. The highest BCUT2D eigenvalue weighted by Gasteiger charge is 2.32. The van der Waals surface area contributed by atoms with E-state index in [9.17, 15) is 9.59 Å². The maximum Gasteiger partial charge on any atom is 0.355 e. The molecule has 34 heavy (non-hydrogen) atoms. The van der Waals surface area contributed by atoms with Gasteiger partial charge in [0.15, 0.2) is 11.5 Å².